The van der Waals surface area contributed by atoms with Crippen LogP contribution in [0.2, 0.25) is 0 Å². The number of nitrogens with one attached hydrogen (secondary N) is 3. The summed E-state index contributed by atoms with van der Waals surface area (Å²) < 4.78 is 21.5. The van der Waals surface area contributed by atoms with Crippen LogP contribution in [0.1, 0.15) is 22.8 Å². The quantitative estimate of drug-likeness (QED) is 0.434. The number of halogens is 1. The van der Waals surface area contributed by atoms with Crippen LogP contribution in [0.4, 0.5) is 16.0 Å². The lowest BCUT2D eigenvalue weighted by molar-refractivity contribution is 0.0932. The first kappa shape index (κ1) is 20.7. The summed E-state index contributed by atoms with van der Waals surface area (Å²) in [7, 11) is 1.78. The van der Waals surface area contributed by atoms with Gasteiger partial charge in [-0.05, 0) is 18.6 Å². The first-order valence-corrected chi connectivity index (χ1v) is 10.5. The van der Waals surface area contributed by atoms with Gasteiger partial charge >= 0.3 is 0 Å². The fourth-order valence-electron chi connectivity index (χ4n) is 3.83. The fraction of sp³-hybridized carbons (Fsp3) is 0.217. The molecule has 10 heteroatoms. The van der Waals surface area contributed by atoms with Gasteiger partial charge in [0.05, 0.1) is 24.5 Å². The molecule has 2 bridgehead atoms. The number of carbonyl (C=O) groups excluding carboxylic acids is 1. The second-order valence-electron chi connectivity index (χ2n) is 7.70. The average Bonchev–Trinajstić information content (AvgIpc) is 3.25. The third kappa shape index (κ3) is 3.79. The van der Waals surface area contributed by atoms with Crippen molar-refractivity contribution in [3.63, 3.8) is 0 Å². The SMILES string of the molecule is CNc1c(-c2ccccc2)c2nc3c(cnn13)C(=O)NCC(C)Oc1ncc(F)cc1CN2. The van der Waals surface area contributed by atoms with Crippen molar-refractivity contribution in [1.82, 2.24) is 24.9 Å². The lowest BCUT2D eigenvalue weighted by Gasteiger charge is -2.18. The first-order chi connectivity index (χ1) is 16.0. The molecule has 1 aliphatic rings. The van der Waals surface area contributed by atoms with E-state index in [0.717, 1.165) is 17.3 Å². The molecular formula is C23H22FN7O2. The molecule has 4 heterocycles. The maximum absolute atomic E-state index is 14.0. The largest absolute Gasteiger partial charge is 0.473 e. The second kappa shape index (κ2) is 8.38. The van der Waals surface area contributed by atoms with Crippen LogP contribution in [0.15, 0.2) is 48.8 Å². The van der Waals surface area contributed by atoms with Gasteiger partial charge in [-0.25, -0.2) is 14.4 Å². The van der Waals surface area contributed by atoms with Gasteiger partial charge in [0.1, 0.15) is 29.1 Å². The molecule has 33 heavy (non-hydrogen) atoms. The van der Waals surface area contributed by atoms with Crippen LogP contribution >= 0.6 is 0 Å². The van der Waals surface area contributed by atoms with Crippen molar-refractivity contribution in [2.24, 2.45) is 0 Å². The molecule has 1 aromatic carbocycles. The average molecular weight is 447 g/mol. The van der Waals surface area contributed by atoms with Gasteiger partial charge < -0.3 is 20.7 Å². The van der Waals surface area contributed by atoms with Crippen LogP contribution in [-0.2, 0) is 6.54 Å². The number of benzene rings is 1. The molecule has 1 atom stereocenters. The number of carbonyl (C=O) groups is 1. The van der Waals surface area contributed by atoms with Crippen LogP contribution in [0.3, 0.4) is 0 Å². The molecule has 3 aromatic heterocycles. The number of amides is 1. The highest BCUT2D eigenvalue weighted by molar-refractivity contribution is 6.01. The lowest BCUT2D eigenvalue weighted by Crippen LogP contribution is -2.33. The van der Waals surface area contributed by atoms with Gasteiger partial charge in [-0.1, -0.05) is 30.3 Å². The first-order valence-electron chi connectivity index (χ1n) is 10.5. The monoisotopic (exact) mass is 447 g/mol. The second-order valence-corrected chi connectivity index (χ2v) is 7.70. The van der Waals surface area contributed by atoms with Crippen molar-refractivity contribution < 1.29 is 13.9 Å². The Morgan fingerprint density at radius 3 is 2.82 bits per heavy atom. The summed E-state index contributed by atoms with van der Waals surface area (Å²) >= 11 is 0. The van der Waals surface area contributed by atoms with E-state index in [1.54, 1.807) is 18.5 Å². The highest BCUT2D eigenvalue weighted by Gasteiger charge is 2.23. The number of ether oxygens (including phenoxy) is 1. The van der Waals surface area contributed by atoms with Crippen LogP contribution < -0.4 is 20.7 Å². The van der Waals surface area contributed by atoms with Crippen LogP contribution in [0.25, 0.3) is 16.8 Å². The third-order valence-corrected chi connectivity index (χ3v) is 5.39. The zero-order chi connectivity index (χ0) is 22.9. The van der Waals surface area contributed by atoms with Crippen LogP contribution in [-0.4, -0.2) is 45.2 Å². The van der Waals surface area contributed by atoms with Crippen molar-refractivity contribution in [2.45, 2.75) is 19.6 Å². The van der Waals surface area contributed by atoms with Crippen LogP contribution in [0.5, 0.6) is 5.88 Å². The number of pyridine rings is 1. The summed E-state index contributed by atoms with van der Waals surface area (Å²) in [5.41, 5.74) is 2.92. The summed E-state index contributed by atoms with van der Waals surface area (Å²) in [6.45, 7) is 2.25. The molecular weight excluding hydrogens is 425 g/mol. The smallest absolute Gasteiger partial charge is 0.256 e. The highest BCUT2D eigenvalue weighted by atomic mass is 19.1. The van der Waals surface area contributed by atoms with E-state index in [1.165, 1.54) is 12.3 Å². The van der Waals surface area contributed by atoms with Gasteiger partial charge in [0.2, 0.25) is 5.88 Å². The Labute approximate surface area is 189 Å². The molecule has 0 radical (unpaired) electrons. The van der Waals surface area contributed by atoms with E-state index in [0.29, 0.717) is 34.3 Å². The molecule has 0 aliphatic carbocycles. The number of anilines is 2. The lowest BCUT2D eigenvalue weighted by atomic mass is 10.1. The standard InChI is InChI=1S/C23H22FN7O2/c1-13-9-27-22(32)17-12-29-31-20(17)30-19(18(21(31)25-2)14-6-4-3-5-7-14)26-10-15-8-16(24)11-28-23(15)33-13/h3-8,11-13,25H,9-10H2,1-2H3,(H,26,30)(H,27,32). The maximum Gasteiger partial charge on any atom is 0.256 e. The van der Waals surface area contributed by atoms with Crippen molar-refractivity contribution in [3.05, 3.63) is 65.7 Å². The number of aromatic nitrogens is 4. The van der Waals surface area contributed by atoms with Crippen molar-refractivity contribution in [1.29, 1.82) is 0 Å². The number of hydrogen-bond acceptors (Lipinski definition) is 7. The Bertz CT molecular complexity index is 1340. The normalized spacial score (nSPS) is 16.0. The molecule has 1 aliphatic heterocycles. The maximum atomic E-state index is 14.0. The molecule has 5 rings (SSSR count). The Hall–Kier alpha value is -4.21. The Morgan fingerprint density at radius 2 is 2.03 bits per heavy atom. The summed E-state index contributed by atoms with van der Waals surface area (Å²) in [4.78, 5) is 21.8. The fourth-order valence-corrected chi connectivity index (χ4v) is 3.83. The van der Waals surface area contributed by atoms with Crippen molar-refractivity contribution >= 4 is 23.2 Å². The molecule has 9 nitrogen and oxygen atoms in total. The van der Waals surface area contributed by atoms with E-state index in [-0.39, 0.29) is 25.1 Å². The predicted octanol–water partition coefficient (Wildman–Crippen LogP) is 3.09. The predicted molar refractivity (Wildman–Crippen MR) is 122 cm³/mol. The van der Waals surface area contributed by atoms with Crippen molar-refractivity contribution in [3.8, 4) is 17.0 Å². The van der Waals surface area contributed by atoms with Crippen LogP contribution in [0, 0.1) is 5.82 Å². The van der Waals surface area contributed by atoms with Gasteiger partial charge in [0.25, 0.3) is 5.91 Å². The van der Waals surface area contributed by atoms with E-state index in [9.17, 15) is 9.18 Å². The van der Waals surface area contributed by atoms with Gasteiger partial charge in [0, 0.05) is 19.2 Å². The Morgan fingerprint density at radius 1 is 1.21 bits per heavy atom. The molecule has 1 unspecified atom stereocenters. The van der Waals surface area contributed by atoms with Gasteiger partial charge in [-0.15, -0.1) is 0 Å². The number of hydrogen-bond donors (Lipinski definition) is 3. The molecule has 0 saturated heterocycles. The van der Waals surface area contributed by atoms with E-state index in [4.69, 9.17) is 9.72 Å². The van der Waals surface area contributed by atoms with E-state index < -0.39 is 5.82 Å². The minimum Gasteiger partial charge on any atom is -0.473 e. The minimum atomic E-state index is -0.467. The molecule has 1 amide bonds. The molecule has 0 saturated carbocycles. The Balaban J connectivity index is 1.73. The van der Waals surface area contributed by atoms with Crippen molar-refractivity contribution in [2.75, 3.05) is 24.2 Å². The number of rotatable bonds is 2. The van der Waals surface area contributed by atoms with E-state index >= 15 is 0 Å². The Kier molecular flexibility index (Phi) is 5.25. The summed E-state index contributed by atoms with van der Waals surface area (Å²) in [5, 5.41) is 13.8. The molecule has 4 aromatic rings. The molecule has 168 valence electrons. The van der Waals surface area contributed by atoms with Gasteiger partial charge in [-0.2, -0.15) is 9.61 Å². The summed E-state index contributed by atoms with van der Waals surface area (Å²) in [6, 6.07) is 11.1. The zero-order valence-electron chi connectivity index (χ0n) is 18.1. The third-order valence-electron chi connectivity index (χ3n) is 5.39. The summed E-state index contributed by atoms with van der Waals surface area (Å²) in [5.74, 6) is 0.675. The molecule has 3 N–H and O–H groups in total. The molecule has 0 spiro atoms. The minimum absolute atomic E-state index is 0.212. The zero-order valence-corrected chi connectivity index (χ0v) is 18.1. The van der Waals surface area contributed by atoms with E-state index in [2.05, 4.69) is 26.0 Å². The topological polar surface area (TPSA) is 105 Å². The molecule has 0 fully saturated rings. The van der Waals surface area contributed by atoms with Gasteiger partial charge in [0.15, 0.2) is 5.65 Å². The highest BCUT2D eigenvalue weighted by Crippen LogP contribution is 2.35. The van der Waals surface area contributed by atoms with Gasteiger partial charge in [-0.3, -0.25) is 4.79 Å². The van der Waals surface area contributed by atoms with E-state index in [1.807, 2.05) is 30.3 Å². The number of nitrogens with zero attached hydrogens (tertiary/aromatic N) is 4. The summed E-state index contributed by atoms with van der Waals surface area (Å²) in [6.07, 6.45) is 2.22. The number of fused-ring (bicyclic) bond motifs is 2.